The van der Waals surface area contributed by atoms with Crippen LogP contribution in [0.3, 0.4) is 0 Å². The van der Waals surface area contributed by atoms with Gasteiger partial charge in [0.25, 0.3) is 0 Å². The lowest BCUT2D eigenvalue weighted by molar-refractivity contribution is -0.125. The Morgan fingerprint density at radius 1 is 1.10 bits per heavy atom. The van der Waals surface area contributed by atoms with Crippen LogP contribution in [0.5, 0.6) is 11.5 Å². The number of benzene rings is 1. The van der Waals surface area contributed by atoms with E-state index in [1.807, 2.05) is 4.90 Å². The number of urea groups is 1. The number of pyridine rings is 1. The highest BCUT2D eigenvalue weighted by atomic mass is 16.7. The number of aromatic nitrogens is 1. The zero-order chi connectivity index (χ0) is 21.6. The molecule has 1 saturated heterocycles. The summed E-state index contributed by atoms with van der Waals surface area (Å²) in [4.78, 5) is 42.9. The van der Waals surface area contributed by atoms with E-state index in [0.29, 0.717) is 36.1 Å². The summed E-state index contributed by atoms with van der Waals surface area (Å²) in [5.74, 6) is 0.836. The van der Waals surface area contributed by atoms with Crippen molar-refractivity contribution in [3.63, 3.8) is 0 Å². The van der Waals surface area contributed by atoms with Crippen LogP contribution in [0.1, 0.15) is 12.8 Å². The Morgan fingerprint density at radius 3 is 2.81 bits per heavy atom. The van der Waals surface area contributed by atoms with Crippen LogP contribution < -0.4 is 25.4 Å². The largest absolute Gasteiger partial charge is 0.454 e. The predicted octanol–water partition coefficient (Wildman–Crippen LogP) is 1.81. The standard InChI is InChI=1S/C21H23N5O5/c27-19(25-21(29)23-15-6-7-16-17(10-15)31-13-30-16)12-26-9-3-4-14(11-26)20(28)24-18-5-1-2-8-22-18/h1-2,5-8,10,14H,3-4,9,11-13H2,(H,22,24,28)(H2,23,25,27,29)/t14-/m1/s1. The summed E-state index contributed by atoms with van der Waals surface area (Å²) in [5.41, 5.74) is 0.485. The fourth-order valence-electron chi connectivity index (χ4n) is 3.58. The number of likely N-dealkylation sites (tertiary alicyclic amines) is 1. The van der Waals surface area contributed by atoms with Gasteiger partial charge in [0.1, 0.15) is 5.82 Å². The molecule has 1 aromatic heterocycles. The number of carbonyl (C=O) groups excluding carboxylic acids is 3. The van der Waals surface area contributed by atoms with Gasteiger partial charge in [-0.1, -0.05) is 6.07 Å². The number of nitrogens with zero attached hydrogens (tertiary/aromatic N) is 2. The summed E-state index contributed by atoms with van der Waals surface area (Å²) >= 11 is 0. The molecule has 10 nitrogen and oxygen atoms in total. The van der Waals surface area contributed by atoms with E-state index in [1.165, 1.54) is 0 Å². The molecule has 0 saturated carbocycles. The minimum Gasteiger partial charge on any atom is -0.454 e. The lowest BCUT2D eigenvalue weighted by Gasteiger charge is -2.31. The summed E-state index contributed by atoms with van der Waals surface area (Å²) in [6.07, 6.45) is 3.14. The molecule has 1 fully saturated rings. The molecule has 0 bridgehead atoms. The fourth-order valence-corrected chi connectivity index (χ4v) is 3.58. The van der Waals surface area contributed by atoms with Crippen LogP contribution in [0.4, 0.5) is 16.3 Å². The normalized spacial score (nSPS) is 17.6. The van der Waals surface area contributed by atoms with E-state index in [9.17, 15) is 14.4 Å². The van der Waals surface area contributed by atoms with E-state index < -0.39 is 11.9 Å². The van der Waals surface area contributed by atoms with Crippen molar-refractivity contribution < 1.29 is 23.9 Å². The second kappa shape index (κ2) is 9.43. The molecule has 1 aromatic carbocycles. The van der Waals surface area contributed by atoms with Gasteiger partial charge in [-0.3, -0.25) is 19.8 Å². The van der Waals surface area contributed by atoms with E-state index in [1.54, 1.807) is 42.6 Å². The first kappa shape index (κ1) is 20.6. The van der Waals surface area contributed by atoms with Gasteiger partial charge in [-0.25, -0.2) is 9.78 Å². The molecule has 2 aromatic rings. The summed E-state index contributed by atoms with van der Waals surface area (Å²) in [6.45, 7) is 1.29. The Labute approximate surface area is 178 Å². The molecular formula is C21H23N5O5. The summed E-state index contributed by atoms with van der Waals surface area (Å²) in [7, 11) is 0. The van der Waals surface area contributed by atoms with Crippen molar-refractivity contribution in [1.29, 1.82) is 0 Å². The molecule has 3 heterocycles. The molecule has 4 amide bonds. The third-order valence-electron chi connectivity index (χ3n) is 5.04. The fraction of sp³-hybridized carbons (Fsp3) is 0.333. The topological polar surface area (TPSA) is 122 Å². The summed E-state index contributed by atoms with van der Waals surface area (Å²) in [5, 5.41) is 7.71. The average Bonchev–Trinajstić information content (AvgIpc) is 3.22. The Balaban J connectivity index is 1.24. The minimum absolute atomic E-state index is 0.0297. The second-order valence-corrected chi connectivity index (χ2v) is 7.35. The third kappa shape index (κ3) is 5.48. The van der Waals surface area contributed by atoms with Crippen LogP contribution in [-0.2, 0) is 9.59 Å². The van der Waals surface area contributed by atoms with Crippen molar-refractivity contribution in [3.05, 3.63) is 42.6 Å². The maximum absolute atomic E-state index is 12.5. The number of piperidine rings is 1. The van der Waals surface area contributed by atoms with Gasteiger partial charge in [0.05, 0.1) is 12.5 Å². The maximum atomic E-state index is 12.5. The van der Waals surface area contributed by atoms with Gasteiger partial charge >= 0.3 is 6.03 Å². The first-order valence-corrected chi connectivity index (χ1v) is 10.0. The van der Waals surface area contributed by atoms with Crippen LogP contribution in [0.15, 0.2) is 42.6 Å². The van der Waals surface area contributed by atoms with E-state index >= 15 is 0 Å². The van der Waals surface area contributed by atoms with Gasteiger partial charge in [0, 0.05) is 24.5 Å². The van der Waals surface area contributed by atoms with Crippen molar-refractivity contribution in [2.75, 3.05) is 37.1 Å². The number of imide groups is 1. The molecule has 0 spiro atoms. The van der Waals surface area contributed by atoms with E-state index in [-0.39, 0.29) is 25.2 Å². The van der Waals surface area contributed by atoms with Crippen LogP contribution in [0.2, 0.25) is 0 Å². The highest BCUT2D eigenvalue weighted by Gasteiger charge is 2.27. The number of amides is 4. The number of hydrogen-bond donors (Lipinski definition) is 3. The van der Waals surface area contributed by atoms with Gasteiger partial charge in [-0.05, 0) is 43.7 Å². The van der Waals surface area contributed by atoms with E-state index in [4.69, 9.17) is 9.47 Å². The molecule has 2 aliphatic rings. The smallest absolute Gasteiger partial charge is 0.325 e. The van der Waals surface area contributed by atoms with Crippen LogP contribution in [0.25, 0.3) is 0 Å². The molecule has 31 heavy (non-hydrogen) atoms. The van der Waals surface area contributed by atoms with Gasteiger partial charge in [-0.15, -0.1) is 0 Å². The van der Waals surface area contributed by atoms with Crippen molar-refractivity contribution in [2.24, 2.45) is 5.92 Å². The van der Waals surface area contributed by atoms with Crippen LogP contribution in [-0.4, -0.2) is 54.2 Å². The number of hydrogen-bond acceptors (Lipinski definition) is 7. The molecular weight excluding hydrogens is 402 g/mol. The summed E-state index contributed by atoms with van der Waals surface area (Å²) in [6, 6.07) is 9.64. The SMILES string of the molecule is O=C(CN1CCC[C@@H](C(=O)Nc2ccccn2)C1)NC(=O)Nc1ccc2c(c1)OCO2. The van der Waals surface area contributed by atoms with Crippen LogP contribution in [0, 0.1) is 5.92 Å². The summed E-state index contributed by atoms with van der Waals surface area (Å²) < 4.78 is 10.5. The van der Waals surface area contributed by atoms with Crippen molar-refractivity contribution in [2.45, 2.75) is 12.8 Å². The van der Waals surface area contributed by atoms with Crippen LogP contribution >= 0.6 is 0 Å². The number of ether oxygens (including phenoxy) is 2. The molecule has 0 aliphatic carbocycles. The van der Waals surface area contributed by atoms with Gasteiger partial charge < -0.3 is 20.1 Å². The highest BCUT2D eigenvalue weighted by molar-refractivity contribution is 6.02. The van der Waals surface area contributed by atoms with E-state index in [2.05, 4.69) is 20.9 Å². The first-order chi connectivity index (χ1) is 15.1. The number of fused-ring (bicyclic) bond motifs is 1. The average molecular weight is 425 g/mol. The molecule has 162 valence electrons. The first-order valence-electron chi connectivity index (χ1n) is 10.0. The molecule has 2 aliphatic heterocycles. The minimum atomic E-state index is -0.634. The van der Waals surface area contributed by atoms with Gasteiger partial charge in [0.2, 0.25) is 18.6 Å². The quantitative estimate of drug-likeness (QED) is 0.668. The third-order valence-corrected chi connectivity index (χ3v) is 5.04. The van der Waals surface area contributed by atoms with Crippen molar-refractivity contribution >= 4 is 29.4 Å². The molecule has 1 atom stereocenters. The Kier molecular flexibility index (Phi) is 6.27. The molecule has 4 rings (SSSR count). The number of nitrogens with one attached hydrogen (secondary N) is 3. The maximum Gasteiger partial charge on any atom is 0.325 e. The lowest BCUT2D eigenvalue weighted by Crippen LogP contribution is -2.47. The van der Waals surface area contributed by atoms with E-state index in [0.717, 1.165) is 12.8 Å². The molecule has 0 unspecified atom stereocenters. The van der Waals surface area contributed by atoms with Crippen molar-refractivity contribution in [3.8, 4) is 11.5 Å². The van der Waals surface area contributed by atoms with Gasteiger partial charge in [0.15, 0.2) is 11.5 Å². The highest BCUT2D eigenvalue weighted by Crippen LogP contribution is 2.34. The van der Waals surface area contributed by atoms with Gasteiger partial charge in [-0.2, -0.15) is 0 Å². The van der Waals surface area contributed by atoms with Crippen molar-refractivity contribution in [1.82, 2.24) is 15.2 Å². The predicted molar refractivity (Wildman–Crippen MR) is 112 cm³/mol. The number of rotatable bonds is 5. The Hall–Kier alpha value is -3.66. The number of carbonyl (C=O) groups is 3. The zero-order valence-electron chi connectivity index (χ0n) is 16.8. The second-order valence-electron chi connectivity index (χ2n) is 7.35. The number of anilines is 2. The molecule has 10 heteroatoms. The Morgan fingerprint density at radius 2 is 1.97 bits per heavy atom. The lowest BCUT2D eigenvalue weighted by atomic mass is 9.97. The monoisotopic (exact) mass is 425 g/mol. The Bertz CT molecular complexity index is 968. The zero-order valence-corrected chi connectivity index (χ0v) is 16.8. The molecule has 0 radical (unpaired) electrons. The molecule has 3 N–H and O–H groups in total.